The maximum absolute atomic E-state index is 12.2. The van der Waals surface area contributed by atoms with Gasteiger partial charge in [-0.1, -0.05) is 36.4 Å². The van der Waals surface area contributed by atoms with E-state index in [9.17, 15) is 14.4 Å². The summed E-state index contributed by atoms with van der Waals surface area (Å²) in [5.74, 6) is -0.462. The van der Waals surface area contributed by atoms with Gasteiger partial charge in [-0.2, -0.15) is 0 Å². The minimum absolute atomic E-state index is 0.311. The molecule has 0 aliphatic heterocycles. The summed E-state index contributed by atoms with van der Waals surface area (Å²) in [6.07, 6.45) is 0.770. The molecule has 9 heteroatoms. The molecule has 2 rings (SSSR count). The molecule has 1 aromatic carbocycles. The van der Waals surface area contributed by atoms with Crippen LogP contribution in [0.1, 0.15) is 31.4 Å². The molecule has 1 atom stereocenters. The number of rotatable bonds is 6. The van der Waals surface area contributed by atoms with Gasteiger partial charge in [0.05, 0.1) is 5.25 Å². The van der Waals surface area contributed by atoms with Crippen molar-refractivity contribution >= 4 is 29.4 Å². The Balaban J connectivity index is 1.96. The fraction of sp³-hybridized carbons (Fsp3) is 0.412. The van der Waals surface area contributed by atoms with Crippen LogP contribution in [-0.2, 0) is 11.3 Å². The number of carbonyl (C=O) groups is 2. The number of imide groups is 1. The standard InChI is InChI=1S/C17H23N5O3S/c1-5-8-22-16(25)20-21-17(22)26-12(4)14(23)19-15(24)18-13-7-6-10(2)9-11(13)3/h6-7,9,12H,5,8H2,1-4H3,(H,20,25)(H2,18,19,23,24)/t12-/m0/s1. The second-order valence-electron chi connectivity index (χ2n) is 5.98. The van der Waals surface area contributed by atoms with Crippen molar-refractivity contribution in [3.05, 3.63) is 39.8 Å². The van der Waals surface area contributed by atoms with E-state index in [0.717, 1.165) is 29.3 Å². The van der Waals surface area contributed by atoms with Crippen molar-refractivity contribution < 1.29 is 9.59 Å². The lowest BCUT2D eigenvalue weighted by Crippen LogP contribution is -2.39. The Morgan fingerprint density at radius 2 is 2.08 bits per heavy atom. The van der Waals surface area contributed by atoms with Crippen molar-refractivity contribution in [2.45, 2.75) is 51.1 Å². The van der Waals surface area contributed by atoms with E-state index in [-0.39, 0.29) is 5.69 Å². The molecule has 0 fully saturated rings. The van der Waals surface area contributed by atoms with Gasteiger partial charge in [-0.05, 0) is 38.8 Å². The average molecular weight is 377 g/mol. The highest BCUT2D eigenvalue weighted by Gasteiger charge is 2.20. The zero-order chi connectivity index (χ0) is 19.3. The van der Waals surface area contributed by atoms with Crippen LogP contribution in [0.2, 0.25) is 0 Å². The highest BCUT2D eigenvalue weighted by Crippen LogP contribution is 2.20. The van der Waals surface area contributed by atoms with E-state index in [4.69, 9.17) is 0 Å². The first-order valence-electron chi connectivity index (χ1n) is 8.32. The summed E-state index contributed by atoms with van der Waals surface area (Å²) in [5.41, 5.74) is 2.33. The van der Waals surface area contributed by atoms with Gasteiger partial charge in [-0.25, -0.2) is 14.7 Å². The van der Waals surface area contributed by atoms with Gasteiger partial charge in [-0.15, -0.1) is 5.10 Å². The zero-order valence-electron chi connectivity index (χ0n) is 15.3. The highest BCUT2D eigenvalue weighted by atomic mass is 32.2. The first-order chi connectivity index (χ1) is 12.3. The van der Waals surface area contributed by atoms with Crippen LogP contribution < -0.4 is 16.3 Å². The number of amides is 3. The van der Waals surface area contributed by atoms with Crippen molar-refractivity contribution in [3.63, 3.8) is 0 Å². The largest absolute Gasteiger partial charge is 0.343 e. The summed E-state index contributed by atoms with van der Waals surface area (Å²) >= 11 is 1.12. The molecule has 2 aromatic rings. The molecule has 0 unspecified atom stereocenters. The van der Waals surface area contributed by atoms with Crippen molar-refractivity contribution in [2.24, 2.45) is 0 Å². The summed E-state index contributed by atoms with van der Waals surface area (Å²) in [5, 5.41) is 11.1. The molecule has 0 spiro atoms. The summed E-state index contributed by atoms with van der Waals surface area (Å²) in [4.78, 5) is 36.0. The van der Waals surface area contributed by atoms with Gasteiger partial charge in [0.25, 0.3) is 0 Å². The van der Waals surface area contributed by atoms with Crippen LogP contribution in [0.25, 0.3) is 0 Å². The molecule has 1 aromatic heterocycles. The Morgan fingerprint density at radius 3 is 2.73 bits per heavy atom. The van der Waals surface area contributed by atoms with Gasteiger partial charge in [0.15, 0.2) is 5.16 Å². The van der Waals surface area contributed by atoms with E-state index in [2.05, 4.69) is 20.8 Å². The Kier molecular flexibility index (Phi) is 6.62. The van der Waals surface area contributed by atoms with Crippen molar-refractivity contribution in [3.8, 4) is 0 Å². The fourth-order valence-corrected chi connectivity index (χ4v) is 3.23. The predicted octanol–water partition coefficient (Wildman–Crippen LogP) is 2.43. The van der Waals surface area contributed by atoms with Gasteiger partial charge < -0.3 is 5.32 Å². The van der Waals surface area contributed by atoms with Gasteiger partial charge >= 0.3 is 11.7 Å². The lowest BCUT2D eigenvalue weighted by molar-refractivity contribution is -0.119. The number of H-pyrrole nitrogens is 1. The number of hydrogen-bond acceptors (Lipinski definition) is 5. The van der Waals surface area contributed by atoms with Crippen LogP contribution in [0.15, 0.2) is 28.2 Å². The van der Waals surface area contributed by atoms with Crippen LogP contribution in [0.3, 0.4) is 0 Å². The molecule has 0 aliphatic rings. The summed E-state index contributed by atoms with van der Waals surface area (Å²) < 4.78 is 1.48. The van der Waals surface area contributed by atoms with Crippen molar-refractivity contribution in [1.29, 1.82) is 0 Å². The number of aryl methyl sites for hydroxylation is 2. The van der Waals surface area contributed by atoms with E-state index >= 15 is 0 Å². The quantitative estimate of drug-likeness (QED) is 0.670. The topological polar surface area (TPSA) is 109 Å². The number of thioether (sulfide) groups is 1. The third kappa shape index (κ3) is 4.98. The molecular weight excluding hydrogens is 354 g/mol. The van der Waals surface area contributed by atoms with E-state index in [1.54, 1.807) is 13.0 Å². The SMILES string of the molecule is CCCn1c(S[C@@H](C)C(=O)NC(=O)Nc2ccc(C)cc2C)n[nH]c1=O. The van der Waals surface area contributed by atoms with Gasteiger partial charge in [0.2, 0.25) is 5.91 Å². The van der Waals surface area contributed by atoms with E-state index < -0.39 is 17.2 Å². The van der Waals surface area contributed by atoms with Crippen LogP contribution in [0.4, 0.5) is 10.5 Å². The summed E-state index contributed by atoms with van der Waals surface area (Å²) in [6, 6.07) is 5.02. The Bertz CT molecular complexity index is 858. The molecule has 0 saturated carbocycles. The van der Waals surface area contributed by atoms with Gasteiger partial charge in [0.1, 0.15) is 0 Å². The lowest BCUT2D eigenvalue weighted by atomic mass is 10.1. The summed E-state index contributed by atoms with van der Waals surface area (Å²) in [7, 11) is 0. The number of nitrogens with one attached hydrogen (secondary N) is 3. The molecule has 0 saturated heterocycles. The first kappa shape index (κ1) is 19.8. The van der Waals surface area contributed by atoms with Crippen LogP contribution in [0, 0.1) is 13.8 Å². The maximum atomic E-state index is 12.2. The number of benzene rings is 1. The molecule has 26 heavy (non-hydrogen) atoms. The molecule has 8 nitrogen and oxygen atoms in total. The minimum Gasteiger partial charge on any atom is -0.307 e. The third-order valence-corrected chi connectivity index (χ3v) is 4.78. The average Bonchev–Trinajstić information content (AvgIpc) is 2.91. The second-order valence-corrected chi connectivity index (χ2v) is 7.29. The molecule has 1 heterocycles. The maximum Gasteiger partial charge on any atom is 0.343 e. The Hall–Kier alpha value is -2.55. The number of aromatic amines is 1. The smallest absolute Gasteiger partial charge is 0.307 e. The number of hydrogen-bond donors (Lipinski definition) is 3. The van der Waals surface area contributed by atoms with E-state index in [0.29, 0.717) is 17.4 Å². The van der Waals surface area contributed by atoms with Crippen LogP contribution in [0.5, 0.6) is 0 Å². The Labute approximate surface area is 155 Å². The highest BCUT2D eigenvalue weighted by molar-refractivity contribution is 8.00. The fourth-order valence-electron chi connectivity index (χ4n) is 2.35. The van der Waals surface area contributed by atoms with Gasteiger partial charge in [0, 0.05) is 12.2 Å². The predicted molar refractivity (Wildman–Crippen MR) is 102 cm³/mol. The Morgan fingerprint density at radius 1 is 1.35 bits per heavy atom. The minimum atomic E-state index is -0.595. The summed E-state index contributed by atoms with van der Waals surface area (Å²) in [6.45, 7) is 7.96. The number of nitrogens with zero attached hydrogens (tertiary/aromatic N) is 2. The van der Waals surface area contributed by atoms with E-state index in [1.807, 2.05) is 32.9 Å². The zero-order valence-corrected chi connectivity index (χ0v) is 16.1. The lowest BCUT2D eigenvalue weighted by Gasteiger charge is -2.13. The molecule has 0 radical (unpaired) electrons. The number of urea groups is 1. The number of anilines is 1. The number of carbonyl (C=O) groups excluding carboxylic acids is 2. The van der Waals surface area contributed by atoms with Crippen molar-refractivity contribution in [1.82, 2.24) is 20.1 Å². The molecule has 140 valence electrons. The van der Waals surface area contributed by atoms with Crippen molar-refractivity contribution in [2.75, 3.05) is 5.32 Å². The normalized spacial score (nSPS) is 11.8. The molecular formula is C17H23N5O3S. The second kappa shape index (κ2) is 8.70. The monoisotopic (exact) mass is 377 g/mol. The van der Waals surface area contributed by atoms with Crippen LogP contribution >= 0.6 is 11.8 Å². The molecule has 3 N–H and O–H groups in total. The molecule has 0 bridgehead atoms. The third-order valence-electron chi connectivity index (χ3n) is 3.69. The molecule has 0 aliphatic carbocycles. The first-order valence-corrected chi connectivity index (χ1v) is 9.20. The van der Waals surface area contributed by atoms with Gasteiger partial charge in [-0.3, -0.25) is 14.7 Å². The van der Waals surface area contributed by atoms with E-state index in [1.165, 1.54) is 4.57 Å². The van der Waals surface area contributed by atoms with Crippen LogP contribution in [-0.4, -0.2) is 32.0 Å². The molecule has 3 amide bonds. The number of aromatic nitrogens is 3.